The molecule has 2 aromatic carbocycles. The van der Waals surface area contributed by atoms with E-state index in [9.17, 15) is 14.0 Å². The Balaban J connectivity index is 1.86. The molecule has 0 atom stereocenters. The van der Waals surface area contributed by atoms with Crippen LogP contribution in [0.2, 0.25) is 5.02 Å². The summed E-state index contributed by atoms with van der Waals surface area (Å²) in [6, 6.07) is 11.5. The van der Waals surface area contributed by atoms with Crippen molar-refractivity contribution >= 4 is 34.9 Å². The fraction of sp³-hybridized carbons (Fsp3) is 0.190. The van der Waals surface area contributed by atoms with Crippen LogP contribution in [0.4, 0.5) is 10.1 Å². The van der Waals surface area contributed by atoms with Gasteiger partial charge in [0.15, 0.2) is 0 Å². The third-order valence-electron chi connectivity index (χ3n) is 4.08. The SMILES string of the molecule is CC(=O)NCCOC(=O)C=C1CN=C(c2ccccc2F)c2cc(Cl)ccc2N1. The number of anilines is 1. The van der Waals surface area contributed by atoms with E-state index in [2.05, 4.69) is 15.6 Å². The Labute approximate surface area is 172 Å². The topological polar surface area (TPSA) is 79.8 Å². The van der Waals surface area contributed by atoms with Crippen LogP contribution >= 0.6 is 11.6 Å². The van der Waals surface area contributed by atoms with E-state index in [4.69, 9.17) is 16.3 Å². The third kappa shape index (κ3) is 5.42. The van der Waals surface area contributed by atoms with Crippen LogP contribution in [0.15, 0.2) is 59.2 Å². The molecule has 0 bridgehead atoms. The minimum Gasteiger partial charge on any atom is -0.461 e. The average Bonchev–Trinajstić information content (AvgIpc) is 2.84. The monoisotopic (exact) mass is 415 g/mol. The summed E-state index contributed by atoms with van der Waals surface area (Å²) in [6.07, 6.45) is 1.29. The smallest absolute Gasteiger partial charge is 0.332 e. The van der Waals surface area contributed by atoms with E-state index in [0.29, 0.717) is 33.2 Å². The van der Waals surface area contributed by atoms with Gasteiger partial charge in [-0.15, -0.1) is 0 Å². The number of nitrogens with zero attached hydrogens (tertiary/aromatic N) is 1. The molecule has 0 aromatic heterocycles. The van der Waals surface area contributed by atoms with E-state index >= 15 is 0 Å². The maximum atomic E-state index is 14.4. The van der Waals surface area contributed by atoms with Crippen LogP contribution in [-0.4, -0.2) is 37.3 Å². The Hall–Kier alpha value is -3.19. The first-order valence-corrected chi connectivity index (χ1v) is 9.30. The highest BCUT2D eigenvalue weighted by Gasteiger charge is 2.20. The van der Waals surface area contributed by atoms with Crippen molar-refractivity contribution in [3.63, 3.8) is 0 Å². The van der Waals surface area contributed by atoms with Crippen LogP contribution in [0.5, 0.6) is 0 Å². The molecule has 2 N–H and O–H groups in total. The first-order valence-electron chi connectivity index (χ1n) is 8.92. The molecule has 1 amide bonds. The lowest BCUT2D eigenvalue weighted by molar-refractivity contribution is -0.138. The fourth-order valence-electron chi connectivity index (χ4n) is 2.81. The van der Waals surface area contributed by atoms with E-state index in [1.807, 2.05) is 0 Å². The van der Waals surface area contributed by atoms with Crippen molar-refractivity contribution in [3.05, 3.63) is 76.2 Å². The predicted molar refractivity (Wildman–Crippen MR) is 110 cm³/mol. The van der Waals surface area contributed by atoms with Gasteiger partial charge in [0.25, 0.3) is 0 Å². The number of hydrogen-bond donors (Lipinski definition) is 2. The molecule has 1 heterocycles. The maximum Gasteiger partial charge on any atom is 0.332 e. The van der Waals surface area contributed by atoms with Gasteiger partial charge < -0.3 is 15.4 Å². The highest BCUT2D eigenvalue weighted by Crippen LogP contribution is 2.28. The minimum absolute atomic E-state index is 0.0537. The molecule has 0 saturated heterocycles. The summed E-state index contributed by atoms with van der Waals surface area (Å²) in [5.74, 6) is -1.17. The van der Waals surface area contributed by atoms with Crippen LogP contribution in [0.25, 0.3) is 0 Å². The van der Waals surface area contributed by atoms with Crippen molar-refractivity contribution in [3.8, 4) is 0 Å². The zero-order chi connectivity index (χ0) is 20.8. The van der Waals surface area contributed by atoms with Crippen molar-refractivity contribution in [2.45, 2.75) is 6.92 Å². The zero-order valence-corrected chi connectivity index (χ0v) is 16.4. The Morgan fingerprint density at radius 2 is 2.07 bits per heavy atom. The van der Waals surface area contributed by atoms with Gasteiger partial charge in [0, 0.05) is 40.5 Å². The molecular weight excluding hydrogens is 397 g/mol. The second-order valence-electron chi connectivity index (χ2n) is 6.28. The molecule has 0 fully saturated rings. The molecule has 1 aliphatic heterocycles. The molecular formula is C21H19ClFN3O3. The number of benzene rings is 2. The van der Waals surface area contributed by atoms with Gasteiger partial charge in [-0.3, -0.25) is 9.79 Å². The Morgan fingerprint density at radius 3 is 2.83 bits per heavy atom. The van der Waals surface area contributed by atoms with E-state index in [1.165, 1.54) is 19.1 Å². The Morgan fingerprint density at radius 1 is 1.28 bits per heavy atom. The number of rotatable bonds is 5. The number of amides is 1. The molecule has 0 radical (unpaired) electrons. The Bertz CT molecular complexity index is 1000. The number of hydrogen-bond acceptors (Lipinski definition) is 5. The van der Waals surface area contributed by atoms with Gasteiger partial charge in [-0.1, -0.05) is 23.7 Å². The largest absolute Gasteiger partial charge is 0.461 e. The van der Waals surface area contributed by atoms with E-state index < -0.39 is 11.8 Å². The molecule has 0 saturated carbocycles. The van der Waals surface area contributed by atoms with Crippen LogP contribution in [-0.2, 0) is 14.3 Å². The lowest BCUT2D eigenvalue weighted by atomic mass is 10.00. The first-order chi connectivity index (χ1) is 13.9. The van der Waals surface area contributed by atoms with Gasteiger partial charge in [0.05, 0.1) is 18.8 Å². The van der Waals surface area contributed by atoms with Gasteiger partial charge in [-0.25, -0.2) is 9.18 Å². The van der Waals surface area contributed by atoms with Crippen molar-refractivity contribution in [2.24, 2.45) is 4.99 Å². The van der Waals surface area contributed by atoms with E-state index in [-0.39, 0.29) is 25.6 Å². The van der Waals surface area contributed by atoms with Crippen molar-refractivity contribution in [1.29, 1.82) is 0 Å². The number of benzodiazepines with no additional fused rings is 1. The lowest BCUT2D eigenvalue weighted by Crippen LogP contribution is -2.25. The summed E-state index contributed by atoms with van der Waals surface area (Å²) in [5.41, 5.74) is 2.55. The number of carbonyl (C=O) groups excluding carboxylic acids is 2. The summed E-state index contributed by atoms with van der Waals surface area (Å²) in [6.45, 7) is 1.79. The summed E-state index contributed by atoms with van der Waals surface area (Å²) in [4.78, 5) is 27.4. The standard InChI is InChI=1S/C21H19ClFN3O3/c1-13(27)24-8-9-29-20(28)11-15-12-25-21(16-4-2-3-5-18(16)23)17-10-14(22)6-7-19(17)26-15/h2-7,10-11,26H,8-9,12H2,1H3,(H,24,27). The van der Waals surface area contributed by atoms with Crippen molar-refractivity contribution in [2.75, 3.05) is 25.0 Å². The molecule has 1 aliphatic rings. The summed E-state index contributed by atoms with van der Waals surface area (Å²) >= 11 is 6.14. The molecule has 6 nitrogen and oxygen atoms in total. The summed E-state index contributed by atoms with van der Waals surface area (Å²) in [5, 5.41) is 6.17. The quantitative estimate of drug-likeness (QED) is 0.446. The highest BCUT2D eigenvalue weighted by molar-refractivity contribution is 6.31. The molecule has 0 spiro atoms. The van der Waals surface area contributed by atoms with Crippen LogP contribution in [0, 0.1) is 5.82 Å². The van der Waals surface area contributed by atoms with E-state index in [1.54, 1.807) is 36.4 Å². The number of esters is 1. The third-order valence-corrected chi connectivity index (χ3v) is 4.32. The molecule has 0 unspecified atom stereocenters. The molecule has 2 aromatic rings. The maximum absolute atomic E-state index is 14.4. The zero-order valence-electron chi connectivity index (χ0n) is 15.7. The first kappa shape index (κ1) is 20.5. The van der Waals surface area contributed by atoms with Crippen LogP contribution in [0.3, 0.4) is 0 Å². The second kappa shape index (κ2) is 9.34. The van der Waals surface area contributed by atoms with Crippen LogP contribution < -0.4 is 10.6 Å². The summed E-state index contributed by atoms with van der Waals surface area (Å²) in [7, 11) is 0. The average molecular weight is 416 g/mol. The number of halogens is 2. The predicted octanol–water partition coefficient (Wildman–Crippen LogP) is 3.31. The van der Waals surface area contributed by atoms with Gasteiger partial charge in [0.1, 0.15) is 12.4 Å². The number of carbonyl (C=O) groups is 2. The normalized spacial score (nSPS) is 14.3. The minimum atomic E-state index is -0.571. The summed E-state index contributed by atoms with van der Waals surface area (Å²) < 4.78 is 19.5. The van der Waals surface area contributed by atoms with Gasteiger partial charge >= 0.3 is 5.97 Å². The molecule has 0 aliphatic carbocycles. The molecule has 150 valence electrons. The van der Waals surface area contributed by atoms with Gasteiger partial charge in [-0.2, -0.15) is 0 Å². The fourth-order valence-corrected chi connectivity index (χ4v) is 2.98. The number of aliphatic imine (C=N–C) groups is 1. The molecule has 8 heteroatoms. The van der Waals surface area contributed by atoms with Crippen LogP contribution in [0.1, 0.15) is 18.1 Å². The van der Waals surface area contributed by atoms with E-state index in [0.717, 1.165) is 0 Å². The number of ether oxygens (including phenoxy) is 1. The number of fused-ring (bicyclic) bond motifs is 1. The van der Waals surface area contributed by atoms with Gasteiger partial charge in [0.2, 0.25) is 5.91 Å². The van der Waals surface area contributed by atoms with Gasteiger partial charge in [-0.05, 0) is 30.3 Å². The highest BCUT2D eigenvalue weighted by atomic mass is 35.5. The molecule has 3 rings (SSSR count). The second-order valence-corrected chi connectivity index (χ2v) is 6.72. The Kier molecular flexibility index (Phi) is 6.61. The lowest BCUT2D eigenvalue weighted by Gasteiger charge is -2.12. The number of nitrogens with one attached hydrogen (secondary N) is 2. The molecule has 29 heavy (non-hydrogen) atoms. The van der Waals surface area contributed by atoms with Crippen molar-refractivity contribution in [1.82, 2.24) is 5.32 Å². The van der Waals surface area contributed by atoms with Crippen molar-refractivity contribution < 1.29 is 18.7 Å².